The number of hydrogen-bond donors (Lipinski definition) is 0. The molecule has 0 bridgehead atoms. The van der Waals surface area contributed by atoms with Gasteiger partial charge in [0.25, 0.3) is 0 Å². The second-order valence-corrected chi connectivity index (χ2v) is 5.52. The molecule has 1 aromatic carbocycles. The number of carbonyl (C=O) groups excluding carboxylic acids is 1. The van der Waals surface area contributed by atoms with Gasteiger partial charge in [-0.05, 0) is 37.5 Å². The standard InChI is InChI=1S/C17H25NO3/c1-4-21-17(19)12-16(18-7-9-20-10-8-18)15-6-5-13(2)14(3)11-15/h5-6,11,16H,4,7-10,12H2,1-3H3. The zero-order valence-electron chi connectivity index (χ0n) is 13.2. The maximum atomic E-state index is 11.9. The minimum absolute atomic E-state index is 0.0762. The van der Waals surface area contributed by atoms with Crippen molar-refractivity contribution in [3.05, 3.63) is 34.9 Å². The van der Waals surface area contributed by atoms with Crippen LogP contribution in [0.5, 0.6) is 0 Å². The summed E-state index contributed by atoms with van der Waals surface area (Å²) in [6, 6.07) is 6.52. The number of hydrogen-bond acceptors (Lipinski definition) is 4. The van der Waals surface area contributed by atoms with Gasteiger partial charge in [0.2, 0.25) is 0 Å². The summed E-state index contributed by atoms with van der Waals surface area (Å²) in [6.07, 6.45) is 0.399. The molecule has 0 saturated carbocycles. The van der Waals surface area contributed by atoms with Crippen LogP contribution >= 0.6 is 0 Å². The van der Waals surface area contributed by atoms with Crippen molar-refractivity contribution in [1.29, 1.82) is 0 Å². The number of rotatable bonds is 5. The molecule has 1 aliphatic heterocycles. The number of morpholine rings is 1. The van der Waals surface area contributed by atoms with Gasteiger partial charge in [-0.2, -0.15) is 0 Å². The van der Waals surface area contributed by atoms with E-state index in [4.69, 9.17) is 9.47 Å². The van der Waals surface area contributed by atoms with Gasteiger partial charge >= 0.3 is 5.97 Å². The van der Waals surface area contributed by atoms with Gasteiger partial charge in [-0.25, -0.2) is 0 Å². The molecule has 1 fully saturated rings. The fourth-order valence-electron chi connectivity index (χ4n) is 2.70. The van der Waals surface area contributed by atoms with Crippen LogP contribution in [0.2, 0.25) is 0 Å². The van der Waals surface area contributed by atoms with Crippen LogP contribution in [0.1, 0.15) is 36.1 Å². The molecule has 2 rings (SSSR count). The van der Waals surface area contributed by atoms with Crippen molar-refractivity contribution in [1.82, 2.24) is 4.90 Å². The third-order valence-corrected chi connectivity index (χ3v) is 4.07. The average molecular weight is 291 g/mol. The topological polar surface area (TPSA) is 38.8 Å². The fraction of sp³-hybridized carbons (Fsp3) is 0.588. The van der Waals surface area contributed by atoms with Crippen molar-refractivity contribution in [2.45, 2.75) is 33.2 Å². The lowest BCUT2D eigenvalue weighted by molar-refractivity contribution is -0.145. The highest BCUT2D eigenvalue weighted by Crippen LogP contribution is 2.27. The van der Waals surface area contributed by atoms with Crippen LogP contribution in [0.15, 0.2) is 18.2 Å². The number of ether oxygens (including phenoxy) is 2. The normalized spacial score (nSPS) is 17.5. The van der Waals surface area contributed by atoms with E-state index in [-0.39, 0.29) is 12.0 Å². The molecular weight excluding hydrogens is 266 g/mol. The molecule has 21 heavy (non-hydrogen) atoms. The molecule has 1 heterocycles. The Morgan fingerprint density at radius 2 is 2.00 bits per heavy atom. The molecule has 1 atom stereocenters. The highest BCUT2D eigenvalue weighted by Gasteiger charge is 2.25. The first-order chi connectivity index (χ1) is 10.1. The summed E-state index contributed by atoms with van der Waals surface area (Å²) < 4.78 is 10.6. The van der Waals surface area contributed by atoms with E-state index >= 15 is 0 Å². The Bertz CT molecular complexity index is 481. The number of nitrogens with zero attached hydrogens (tertiary/aromatic N) is 1. The van der Waals surface area contributed by atoms with E-state index < -0.39 is 0 Å². The number of benzene rings is 1. The largest absolute Gasteiger partial charge is 0.466 e. The molecule has 0 spiro atoms. The molecule has 0 amide bonds. The first-order valence-corrected chi connectivity index (χ1v) is 7.66. The van der Waals surface area contributed by atoms with Crippen LogP contribution in [0.25, 0.3) is 0 Å². The Morgan fingerprint density at radius 1 is 1.29 bits per heavy atom. The Labute approximate surface area is 127 Å². The van der Waals surface area contributed by atoms with Crippen LogP contribution in [0.4, 0.5) is 0 Å². The second kappa shape index (κ2) is 7.57. The molecule has 1 saturated heterocycles. The molecule has 1 unspecified atom stereocenters. The molecule has 0 N–H and O–H groups in total. The van der Waals surface area contributed by atoms with Crippen LogP contribution in [0, 0.1) is 13.8 Å². The summed E-state index contributed by atoms with van der Waals surface area (Å²) in [6.45, 7) is 9.66. The maximum absolute atomic E-state index is 11.9. The van der Waals surface area contributed by atoms with Crippen molar-refractivity contribution in [3.8, 4) is 0 Å². The lowest BCUT2D eigenvalue weighted by Crippen LogP contribution is -2.40. The van der Waals surface area contributed by atoms with Gasteiger partial charge < -0.3 is 9.47 Å². The maximum Gasteiger partial charge on any atom is 0.307 e. The van der Waals surface area contributed by atoms with Crippen molar-refractivity contribution >= 4 is 5.97 Å². The summed E-state index contributed by atoms with van der Waals surface area (Å²) in [7, 11) is 0. The van der Waals surface area contributed by atoms with Crippen LogP contribution in [0.3, 0.4) is 0 Å². The van der Waals surface area contributed by atoms with Gasteiger partial charge in [0.1, 0.15) is 0 Å². The summed E-state index contributed by atoms with van der Waals surface area (Å²) in [5, 5.41) is 0. The minimum Gasteiger partial charge on any atom is -0.466 e. The zero-order chi connectivity index (χ0) is 15.2. The Kier molecular flexibility index (Phi) is 5.76. The molecular formula is C17H25NO3. The zero-order valence-corrected chi connectivity index (χ0v) is 13.2. The Morgan fingerprint density at radius 3 is 2.62 bits per heavy atom. The summed E-state index contributed by atoms with van der Waals surface area (Å²) in [5.41, 5.74) is 3.72. The lowest BCUT2D eigenvalue weighted by Gasteiger charge is -2.34. The van der Waals surface area contributed by atoms with E-state index in [9.17, 15) is 4.79 Å². The van der Waals surface area contributed by atoms with Gasteiger partial charge in [-0.1, -0.05) is 18.2 Å². The number of aryl methyl sites for hydroxylation is 2. The van der Waals surface area contributed by atoms with Crippen molar-refractivity contribution in [2.24, 2.45) is 0 Å². The molecule has 0 aliphatic carbocycles. The highest BCUT2D eigenvalue weighted by molar-refractivity contribution is 5.70. The molecule has 4 heteroatoms. The molecule has 116 valence electrons. The predicted molar refractivity (Wildman–Crippen MR) is 82.3 cm³/mol. The van der Waals surface area contributed by atoms with Gasteiger partial charge in [0.05, 0.1) is 26.2 Å². The fourth-order valence-corrected chi connectivity index (χ4v) is 2.70. The van der Waals surface area contributed by atoms with E-state index in [0.717, 1.165) is 26.3 Å². The SMILES string of the molecule is CCOC(=O)CC(c1ccc(C)c(C)c1)N1CCOCC1. The summed E-state index contributed by atoms with van der Waals surface area (Å²) in [4.78, 5) is 14.3. The second-order valence-electron chi connectivity index (χ2n) is 5.52. The molecule has 1 aromatic rings. The van der Waals surface area contributed by atoms with E-state index in [1.165, 1.54) is 16.7 Å². The lowest BCUT2D eigenvalue weighted by atomic mass is 9.97. The third kappa shape index (κ3) is 4.29. The van der Waals surface area contributed by atoms with Crippen molar-refractivity contribution < 1.29 is 14.3 Å². The quantitative estimate of drug-likeness (QED) is 0.782. The Hall–Kier alpha value is -1.39. The summed E-state index contributed by atoms with van der Waals surface area (Å²) in [5.74, 6) is -0.132. The monoisotopic (exact) mass is 291 g/mol. The van der Waals surface area contributed by atoms with E-state index in [1.807, 2.05) is 6.92 Å². The van der Waals surface area contributed by atoms with Crippen LogP contribution in [-0.4, -0.2) is 43.8 Å². The van der Waals surface area contributed by atoms with Crippen molar-refractivity contribution in [2.75, 3.05) is 32.9 Å². The summed E-state index contributed by atoms with van der Waals surface area (Å²) >= 11 is 0. The molecule has 1 aliphatic rings. The average Bonchev–Trinajstić information content (AvgIpc) is 2.49. The van der Waals surface area contributed by atoms with Crippen molar-refractivity contribution in [3.63, 3.8) is 0 Å². The Balaban J connectivity index is 2.20. The highest BCUT2D eigenvalue weighted by atomic mass is 16.5. The minimum atomic E-state index is -0.132. The molecule has 4 nitrogen and oxygen atoms in total. The van der Waals surface area contributed by atoms with E-state index in [1.54, 1.807) is 0 Å². The molecule has 0 aromatic heterocycles. The van der Waals surface area contributed by atoms with Gasteiger partial charge in [0.15, 0.2) is 0 Å². The first-order valence-electron chi connectivity index (χ1n) is 7.66. The van der Waals surface area contributed by atoms with Crippen LogP contribution in [-0.2, 0) is 14.3 Å². The van der Waals surface area contributed by atoms with Gasteiger partial charge in [0, 0.05) is 19.1 Å². The smallest absolute Gasteiger partial charge is 0.307 e. The van der Waals surface area contributed by atoms with Crippen LogP contribution < -0.4 is 0 Å². The van der Waals surface area contributed by atoms with E-state index in [0.29, 0.717) is 13.0 Å². The third-order valence-electron chi connectivity index (χ3n) is 4.07. The van der Waals surface area contributed by atoms with E-state index in [2.05, 4.69) is 36.9 Å². The van der Waals surface area contributed by atoms with Gasteiger partial charge in [-0.3, -0.25) is 9.69 Å². The predicted octanol–water partition coefficient (Wildman–Crippen LogP) is 2.63. The van der Waals surface area contributed by atoms with Gasteiger partial charge in [-0.15, -0.1) is 0 Å². The number of esters is 1. The molecule has 0 radical (unpaired) electrons. The number of carbonyl (C=O) groups is 1. The first kappa shape index (κ1) is 16.0.